The van der Waals surface area contributed by atoms with Crippen molar-refractivity contribution in [3.63, 3.8) is 0 Å². The molecule has 0 amide bonds. The normalized spacial score (nSPS) is 35.3. The summed E-state index contributed by atoms with van der Waals surface area (Å²) in [6.07, 6.45) is 25.6. The number of rotatable bonds is 7. The first-order chi connectivity index (χ1) is 11.4. The summed E-state index contributed by atoms with van der Waals surface area (Å²) in [7, 11) is 0. The van der Waals surface area contributed by atoms with Crippen LogP contribution in [0.3, 0.4) is 0 Å². The van der Waals surface area contributed by atoms with Gasteiger partial charge in [0.05, 0.1) is 0 Å². The molecule has 0 aromatic heterocycles. The summed E-state index contributed by atoms with van der Waals surface area (Å²) >= 11 is 0. The Balaban J connectivity index is 1.53. The molecule has 132 valence electrons. The summed E-state index contributed by atoms with van der Waals surface area (Å²) in [5.41, 5.74) is 8.26. The number of hydrogen-bond donors (Lipinski definition) is 0. The first-order valence-corrected chi connectivity index (χ1v) is 16.8. The topological polar surface area (TPSA) is 0 Å². The summed E-state index contributed by atoms with van der Waals surface area (Å²) in [6.45, 7) is -1.92. The Morgan fingerprint density at radius 1 is 0.304 bits per heavy atom. The zero-order valence-electron chi connectivity index (χ0n) is 15.1. The molecule has 23 heavy (non-hydrogen) atoms. The van der Waals surface area contributed by atoms with Gasteiger partial charge in [-0.3, -0.25) is 0 Å². The molecule has 0 radical (unpaired) electrons. The van der Waals surface area contributed by atoms with Crippen LogP contribution in [-0.2, 0) is 0 Å². The average molecular weight is 352 g/mol. The summed E-state index contributed by atoms with van der Waals surface area (Å²) < 4.78 is 0. The molecular formula is C21H38P2. The zero-order valence-corrected chi connectivity index (χ0v) is 17.1. The fraction of sp³-hybridized carbons (Fsp3) is 1.00. The van der Waals surface area contributed by atoms with Crippen molar-refractivity contribution in [2.45, 2.75) is 130 Å². The molecule has 6 rings (SSSR count). The fourth-order valence-corrected chi connectivity index (χ4v) is 42.1. The van der Waals surface area contributed by atoms with E-state index in [-0.39, 0.29) is 0 Å². The second-order valence-electron chi connectivity index (χ2n) is 10.6. The monoisotopic (exact) mass is 352 g/mol. The average Bonchev–Trinajstić information content (AvgIpc) is 3.16. The molecule has 0 aromatic carbocycles. The second-order valence-corrected chi connectivity index (χ2v) is 24.4. The van der Waals surface area contributed by atoms with Crippen molar-refractivity contribution in [3.05, 3.63) is 0 Å². The summed E-state index contributed by atoms with van der Waals surface area (Å²) in [6, 6.07) is 0. The van der Waals surface area contributed by atoms with E-state index in [2.05, 4.69) is 0 Å². The molecule has 6 saturated carbocycles. The fourth-order valence-electron chi connectivity index (χ4n) is 8.46. The van der Waals surface area contributed by atoms with Crippen LogP contribution >= 0.6 is 13.9 Å². The molecule has 6 fully saturated rings. The van der Waals surface area contributed by atoms with Crippen molar-refractivity contribution < 1.29 is 0 Å². The van der Waals surface area contributed by atoms with Gasteiger partial charge in [-0.15, -0.1) is 0 Å². The molecule has 6 aliphatic carbocycles. The Kier molecular flexibility index (Phi) is 3.38. The molecule has 0 unspecified atom stereocenters. The molecular weight excluding hydrogens is 314 g/mol. The Morgan fingerprint density at radius 3 is 0.652 bits per heavy atom. The van der Waals surface area contributed by atoms with Crippen LogP contribution in [0.2, 0.25) is 0 Å². The Hall–Kier alpha value is 0.860. The predicted molar refractivity (Wildman–Crippen MR) is 109 cm³/mol. The van der Waals surface area contributed by atoms with E-state index in [1.807, 2.05) is 0 Å². The van der Waals surface area contributed by atoms with E-state index in [9.17, 15) is 0 Å². The minimum atomic E-state index is -0.988. The van der Waals surface area contributed by atoms with E-state index in [1.54, 1.807) is 96.3 Å². The van der Waals surface area contributed by atoms with E-state index in [0.717, 1.165) is 0 Å². The SMILES string of the molecule is C1CC([PH](C2CCC2)(C2CCC2)[PH](C2CC2)(C2CC2)C2CC2)C1. The van der Waals surface area contributed by atoms with Crippen molar-refractivity contribution in [2.75, 3.05) is 0 Å². The van der Waals surface area contributed by atoms with Gasteiger partial charge in [-0.25, -0.2) is 0 Å². The standard InChI is InChI=1S/C21H38P2/c1-4-16(5-1)22(17-6-2-7-17,18-8-3-9-18)23(19-10-11-19,20-12-13-20)21-14-15-21/h16-23H,1-15H2. The van der Waals surface area contributed by atoms with Crippen molar-refractivity contribution in [2.24, 2.45) is 0 Å². The van der Waals surface area contributed by atoms with Gasteiger partial charge in [0.2, 0.25) is 0 Å². The van der Waals surface area contributed by atoms with Crippen molar-refractivity contribution in [1.82, 2.24) is 0 Å². The number of hydrogen-bond acceptors (Lipinski definition) is 0. The quantitative estimate of drug-likeness (QED) is 0.456. The van der Waals surface area contributed by atoms with Gasteiger partial charge in [-0.2, -0.15) is 0 Å². The van der Waals surface area contributed by atoms with Gasteiger partial charge < -0.3 is 0 Å². The van der Waals surface area contributed by atoms with Crippen LogP contribution < -0.4 is 0 Å². The summed E-state index contributed by atoms with van der Waals surface area (Å²) in [4.78, 5) is 0. The molecule has 6 aliphatic rings. The van der Waals surface area contributed by atoms with Gasteiger partial charge in [0.1, 0.15) is 0 Å². The van der Waals surface area contributed by atoms with Crippen molar-refractivity contribution in [3.8, 4) is 0 Å². The van der Waals surface area contributed by atoms with E-state index in [0.29, 0.717) is 0 Å². The van der Waals surface area contributed by atoms with E-state index < -0.39 is 13.9 Å². The van der Waals surface area contributed by atoms with Gasteiger partial charge in [0, 0.05) is 0 Å². The zero-order chi connectivity index (χ0) is 15.1. The van der Waals surface area contributed by atoms with Crippen LogP contribution in [0.1, 0.15) is 96.3 Å². The first kappa shape index (κ1) is 15.0. The van der Waals surface area contributed by atoms with Gasteiger partial charge in [0.15, 0.2) is 0 Å². The molecule has 0 atom stereocenters. The maximum atomic E-state index is 1.72. The third-order valence-corrected chi connectivity index (χ3v) is 34.8. The molecule has 0 bridgehead atoms. The van der Waals surface area contributed by atoms with Crippen LogP contribution in [0, 0.1) is 0 Å². The third kappa shape index (κ3) is 1.87. The van der Waals surface area contributed by atoms with E-state index in [4.69, 9.17) is 0 Å². The summed E-state index contributed by atoms with van der Waals surface area (Å²) in [5, 5.41) is 0. The molecule has 0 nitrogen and oxygen atoms in total. The Morgan fingerprint density at radius 2 is 0.522 bits per heavy atom. The first-order valence-electron chi connectivity index (χ1n) is 11.4. The van der Waals surface area contributed by atoms with E-state index >= 15 is 0 Å². The Bertz CT molecular complexity index is 409. The van der Waals surface area contributed by atoms with Gasteiger partial charge in [-0.1, -0.05) is 0 Å². The molecule has 0 saturated heterocycles. The van der Waals surface area contributed by atoms with Crippen molar-refractivity contribution in [1.29, 1.82) is 0 Å². The molecule has 0 heterocycles. The van der Waals surface area contributed by atoms with E-state index in [1.165, 1.54) is 34.0 Å². The van der Waals surface area contributed by atoms with Crippen LogP contribution in [0.5, 0.6) is 0 Å². The maximum absolute atomic E-state index is 1.72. The molecule has 0 aromatic rings. The molecule has 0 aliphatic heterocycles. The predicted octanol–water partition coefficient (Wildman–Crippen LogP) is 6.55. The van der Waals surface area contributed by atoms with Crippen molar-refractivity contribution >= 4 is 13.9 Å². The van der Waals surface area contributed by atoms with Crippen LogP contribution in [0.25, 0.3) is 0 Å². The van der Waals surface area contributed by atoms with Crippen LogP contribution in [0.15, 0.2) is 0 Å². The third-order valence-electron chi connectivity index (χ3n) is 9.85. The summed E-state index contributed by atoms with van der Waals surface area (Å²) in [5.74, 6) is 0. The second kappa shape index (κ2) is 5.19. The molecule has 2 heteroatoms. The van der Waals surface area contributed by atoms with Crippen LogP contribution in [-0.4, -0.2) is 34.0 Å². The van der Waals surface area contributed by atoms with Gasteiger partial charge in [-0.05, 0) is 0 Å². The van der Waals surface area contributed by atoms with Gasteiger partial charge in [0.25, 0.3) is 0 Å². The molecule has 0 spiro atoms. The minimum absolute atomic E-state index is 0.933. The molecule has 0 N–H and O–H groups in total. The van der Waals surface area contributed by atoms with Crippen LogP contribution in [0.4, 0.5) is 0 Å². The Labute approximate surface area is 144 Å². The van der Waals surface area contributed by atoms with Gasteiger partial charge >= 0.3 is 144 Å².